The van der Waals surface area contributed by atoms with Crippen LogP contribution in [-0.4, -0.2) is 33.3 Å². The highest BCUT2D eigenvalue weighted by atomic mass is 32.2. The van der Waals surface area contributed by atoms with E-state index in [2.05, 4.69) is 4.98 Å². The van der Waals surface area contributed by atoms with Gasteiger partial charge in [0.1, 0.15) is 0 Å². The van der Waals surface area contributed by atoms with Crippen molar-refractivity contribution in [1.82, 2.24) is 4.98 Å². The molecule has 0 fully saturated rings. The average molecular weight is 394 g/mol. The number of aryl methyl sites for hydroxylation is 4. The minimum atomic E-state index is -3.02. The van der Waals surface area contributed by atoms with Gasteiger partial charge in [-0.3, -0.25) is 4.98 Å². The molecule has 0 amide bonds. The number of hydrogen-bond acceptors (Lipinski definition) is 5. The first-order valence-corrected chi connectivity index (χ1v) is 12.0. The van der Waals surface area contributed by atoms with E-state index in [4.69, 9.17) is 0 Å². The van der Waals surface area contributed by atoms with E-state index < -0.39 is 19.7 Å². The molecule has 0 saturated heterocycles. The molecule has 1 aromatic carbocycles. The third-order valence-corrected chi connectivity index (χ3v) is 8.41. The lowest BCUT2D eigenvalue weighted by molar-refractivity contribution is 0.583. The molecule has 0 spiro atoms. The highest BCUT2D eigenvalue weighted by Crippen LogP contribution is 2.25. The molecule has 26 heavy (non-hydrogen) atoms. The lowest BCUT2D eigenvalue weighted by Gasteiger charge is -2.16. The molecule has 1 aromatic heterocycles. The molecule has 2 aliphatic heterocycles. The summed E-state index contributed by atoms with van der Waals surface area (Å²) < 4.78 is 46.3. The smallest absolute Gasteiger partial charge is 0.180 e. The number of benzene rings is 1. The Bertz CT molecular complexity index is 956. The Kier molecular flexibility index (Phi) is 5.21. The number of fused-ring (bicyclic) bond motifs is 2. The largest absolute Gasteiger partial charge is 0.257 e. The van der Waals surface area contributed by atoms with E-state index in [9.17, 15) is 16.8 Å². The highest BCUT2D eigenvalue weighted by molar-refractivity contribution is 7.91. The first kappa shape index (κ1) is 19.0. The van der Waals surface area contributed by atoms with Gasteiger partial charge in [0, 0.05) is 5.69 Å². The summed E-state index contributed by atoms with van der Waals surface area (Å²) in [6.45, 7) is 3.86. The molecule has 7 heteroatoms. The first-order chi connectivity index (χ1) is 12.2. The van der Waals surface area contributed by atoms with Crippen molar-refractivity contribution in [2.45, 2.75) is 49.3 Å². The summed E-state index contributed by atoms with van der Waals surface area (Å²) in [5, 5.41) is 0. The van der Waals surface area contributed by atoms with Crippen LogP contribution >= 0.6 is 0 Å². The maximum Gasteiger partial charge on any atom is 0.180 e. The number of nitrogens with zero attached hydrogens (tertiary/aromatic N) is 1. The van der Waals surface area contributed by atoms with Gasteiger partial charge in [0.15, 0.2) is 19.7 Å². The summed E-state index contributed by atoms with van der Waals surface area (Å²) in [5.41, 5.74) is 3.75. The second-order valence-electron chi connectivity index (χ2n) is 6.85. The first-order valence-electron chi connectivity index (χ1n) is 8.71. The number of rotatable bonds is 0. The maximum absolute atomic E-state index is 11.6. The van der Waals surface area contributed by atoms with Gasteiger partial charge in [-0.15, -0.1) is 0 Å². The SMILES string of the molecule is Cc1ccc2c(c1)CCCS2(=O)=O.Cc1ccc2c(n1)CCCS2(=O)=O. The molecule has 0 unspecified atom stereocenters. The zero-order valence-corrected chi connectivity index (χ0v) is 16.7. The Morgan fingerprint density at radius 1 is 0.808 bits per heavy atom. The van der Waals surface area contributed by atoms with Crippen LogP contribution in [0.2, 0.25) is 0 Å². The predicted octanol–water partition coefficient (Wildman–Crippen LogP) is 2.82. The van der Waals surface area contributed by atoms with Crippen LogP contribution in [0.5, 0.6) is 0 Å². The minimum Gasteiger partial charge on any atom is -0.257 e. The zero-order chi connectivity index (χ0) is 18.9. The van der Waals surface area contributed by atoms with Gasteiger partial charge in [-0.1, -0.05) is 17.7 Å². The van der Waals surface area contributed by atoms with Gasteiger partial charge in [-0.25, -0.2) is 16.8 Å². The van der Waals surface area contributed by atoms with Crippen LogP contribution < -0.4 is 0 Å². The van der Waals surface area contributed by atoms with Crippen LogP contribution in [0.4, 0.5) is 0 Å². The van der Waals surface area contributed by atoms with Gasteiger partial charge in [-0.05, 0) is 63.3 Å². The summed E-state index contributed by atoms with van der Waals surface area (Å²) in [6, 6.07) is 9.00. The summed E-state index contributed by atoms with van der Waals surface area (Å²) in [6.07, 6.45) is 3.15. The third kappa shape index (κ3) is 3.99. The van der Waals surface area contributed by atoms with E-state index in [1.165, 1.54) is 0 Å². The molecule has 0 aliphatic carbocycles. The molecule has 0 radical (unpaired) electrons. The maximum atomic E-state index is 11.6. The predicted molar refractivity (Wildman–Crippen MR) is 101 cm³/mol. The third-order valence-electron chi connectivity index (χ3n) is 4.64. The van der Waals surface area contributed by atoms with Crippen LogP contribution in [-0.2, 0) is 32.5 Å². The number of sulfone groups is 2. The second kappa shape index (κ2) is 7.12. The molecule has 3 heterocycles. The second-order valence-corrected chi connectivity index (χ2v) is 11.0. The quantitative estimate of drug-likeness (QED) is 0.687. The summed E-state index contributed by atoms with van der Waals surface area (Å²) >= 11 is 0. The van der Waals surface area contributed by atoms with Crippen molar-refractivity contribution in [3.05, 3.63) is 52.8 Å². The van der Waals surface area contributed by atoms with Crippen molar-refractivity contribution in [1.29, 1.82) is 0 Å². The Morgan fingerprint density at radius 2 is 1.42 bits per heavy atom. The van der Waals surface area contributed by atoms with E-state index in [1.807, 2.05) is 26.0 Å². The standard InChI is InChI=1S/C10H12O2S.C9H11NO2S/c1-8-4-5-10-9(7-8)3-2-6-13(10,11)12;1-7-4-5-9-8(10-7)3-2-6-13(9,11)12/h4-5,7H,2-3,6H2,1H3;4-5H,2-3,6H2,1H3. The van der Waals surface area contributed by atoms with Gasteiger partial charge in [-0.2, -0.15) is 0 Å². The summed E-state index contributed by atoms with van der Waals surface area (Å²) in [5.74, 6) is 0.577. The van der Waals surface area contributed by atoms with Crippen molar-refractivity contribution >= 4 is 19.7 Å². The Hall–Kier alpha value is -1.73. The van der Waals surface area contributed by atoms with Gasteiger partial charge in [0.25, 0.3) is 0 Å². The molecular formula is C19H23NO4S2. The van der Waals surface area contributed by atoms with Crippen LogP contribution in [0.25, 0.3) is 0 Å². The fourth-order valence-electron chi connectivity index (χ4n) is 3.37. The van der Waals surface area contributed by atoms with E-state index in [1.54, 1.807) is 18.2 Å². The Balaban J connectivity index is 0.000000151. The van der Waals surface area contributed by atoms with Crippen molar-refractivity contribution in [2.75, 3.05) is 11.5 Å². The van der Waals surface area contributed by atoms with Crippen molar-refractivity contribution in [3.63, 3.8) is 0 Å². The van der Waals surface area contributed by atoms with Gasteiger partial charge < -0.3 is 0 Å². The normalized spacial score (nSPS) is 19.5. The average Bonchev–Trinajstić information content (AvgIpc) is 2.54. The topological polar surface area (TPSA) is 81.2 Å². The van der Waals surface area contributed by atoms with Crippen LogP contribution in [0.3, 0.4) is 0 Å². The molecule has 0 atom stereocenters. The van der Waals surface area contributed by atoms with Gasteiger partial charge in [0.2, 0.25) is 0 Å². The van der Waals surface area contributed by atoms with Crippen LogP contribution in [0, 0.1) is 13.8 Å². The summed E-state index contributed by atoms with van der Waals surface area (Å²) in [4.78, 5) is 5.21. The zero-order valence-electron chi connectivity index (χ0n) is 15.0. The lowest BCUT2D eigenvalue weighted by atomic mass is 10.1. The highest BCUT2D eigenvalue weighted by Gasteiger charge is 2.24. The van der Waals surface area contributed by atoms with E-state index >= 15 is 0 Å². The van der Waals surface area contributed by atoms with Crippen molar-refractivity contribution < 1.29 is 16.8 Å². The monoisotopic (exact) mass is 393 g/mol. The molecule has 2 aliphatic rings. The van der Waals surface area contributed by atoms with Crippen molar-refractivity contribution in [2.24, 2.45) is 0 Å². The summed E-state index contributed by atoms with van der Waals surface area (Å²) in [7, 11) is -5.98. The Labute approximate surface area is 155 Å². The molecule has 0 bridgehead atoms. The Morgan fingerprint density at radius 3 is 2.15 bits per heavy atom. The van der Waals surface area contributed by atoms with E-state index in [0.717, 1.165) is 41.8 Å². The minimum absolute atomic E-state index is 0.269. The molecular weight excluding hydrogens is 370 g/mol. The molecule has 5 nitrogen and oxygen atoms in total. The lowest BCUT2D eigenvalue weighted by Crippen LogP contribution is -2.17. The van der Waals surface area contributed by atoms with Gasteiger partial charge in [0.05, 0.1) is 27.0 Å². The van der Waals surface area contributed by atoms with Gasteiger partial charge >= 0.3 is 0 Å². The number of aromatic nitrogens is 1. The molecule has 2 aromatic rings. The molecule has 140 valence electrons. The van der Waals surface area contributed by atoms with E-state index in [0.29, 0.717) is 22.0 Å². The fraction of sp³-hybridized carbons (Fsp3) is 0.421. The number of pyridine rings is 1. The number of hydrogen-bond donors (Lipinski definition) is 0. The molecule has 4 rings (SSSR count). The molecule has 0 N–H and O–H groups in total. The molecule has 0 saturated carbocycles. The fourth-order valence-corrected chi connectivity index (χ4v) is 6.48. The van der Waals surface area contributed by atoms with Crippen LogP contribution in [0.1, 0.15) is 35.4 Å². The van der Waals surface area contributed by atoms with Crippen molar-refractivity contribution in [3.8, 4) is 0 Å². The van der Waals surface area contributed by atoms with Crippen LogP contribution in [0.15, 0.2) is 40.1 Å². The van der Waals surface area contributed by atoms with E-state index in [-0.39, 0.29) is 5.75 Å².